The molecule has 1 aliphatic rings. The third-order valence-electron chi connectivity index (χ3n) is 4.47. The van der Waals surface area contributed by atoms with Crippen LogP contribution in [0.4, 0.5) is 0 Å². The molecule has 2 aromatic heterocycles. The number of carbonyl (C=O) groups excluding carboxylic acids is 1. The van der Waals surface area contributed by atoms with Gasteiger partial charge in [0.25, 0.3) is 5.56 Å². The smallest absolute Gasteiger partial charge is 0.263 e. The fourth-order valence-corrected chi connectivity index (χ4v) is 5.54. The predicted octanol–water partition coefficient (Wildman–Crippen LogP) is 3.39. The maximum absolute atomic E-state index is 13.1. The van der Waals surface area contributed by atoms with Crippen LogP contribution in [0.2, 0.25) is 0 Å². The maximum Gasteiger partial charge on any atom is 0.263 e. The minimum absolute atomic E-state index is 0.00581. The van der Waals surface area contributed by atoms with Crippen molar-refractivity contribution < 1.29 is 4.79 Å². The number of allylic oxidation sites excluding steroid dienone is 1. The van der Waals surface area contributed by atoms with E-state index in [-0.39, 0.29) is 23.3 Å². The van der Waals surface area contributed by atoms with Gasteiger partial charge in [-0.3, -0.25) is 14.2 Å². The molecule has 0 bridgehead atoms. The Balaban J connectivity index is 2.00. The molecule has 1 amide bonds. The third kappa shape index (κ3) is 3.88. The number of carbonyl (C=O) groups is 1. The van der Waals surface area contributed by atoms with Crippen LogP contribution in [-0.4, -0.2) is 27.3 Å². The Morgan fingerprint density at radius 1 is 1.54 bits per heavy atom. The summed E-state index contributed by atoms with van der Waals surface area (Å²) in [7, 11) is 0. The summed E-state index contributed by atoms with van der Waals surface area (Å²) in [6, 6.07) is 0.0971. The number of hydrogen-bond acceptors (Lipinski definition) is 5. The Morgan fingerprint density at radius 2 is 2.31 bits per heavy atom. The molecule has 0 aliphatic heterocycles. The number of rotatable bonds is 6. The van der Waals surface area contributed by atoms with E-state index < -0.39 is 0 Å². The van der Waals surface area contributed by atoms with Crippen LogP contribution in [0.15, 0.2) is 22.6 Å². The Labute approximate surface area is 161 Å². The van der Waals surface area contributed by atoms with Gasteiger partial charge >= 0.3 is 0 Å². The van der Waals surface area contributed by atoms with Crippen molar-refractivity contribution in [3.05, 3.63) is 33.4 Å². The second-order valence-electron chi connectivity index (χ2n) is 7.14. The molecule has 1 atom stereocenters. The van der Waals surface area contributed by atoms with Gasteiger partial charge in [-0.15, -0.1) is 17.9 Å². The summed E-state index contributed by atoms with van der Waals surface area (Å²) in [5.74, 6) is 0.846. The second-order valence-corrected chi connectivity index (χ2v) is 9.17. The zero-order valence-corrected chi connectivity index (χ0v) is 17.1. The molecular formula is C19H25N3O2S2. The fourth-order valence-electron chi connectivity index (χ4n) is 3.30. The van der Waals surface area contributed by atoms with Gasteiger partial charge in [-0.1, -0.05) is 24.8 Å². The van der Waals surface area contributed by atoms with E-state index in [1.165, 1.54) is 22.2 Å². The lowest BCUT2D eigenvalue weighted by Crippen LogP contribution is -2.32. The molecule has 26 heavy (non-hydrogen) atoms. The summed E-state index contributed by atoms with van der Waals surface area (Å²) in [5.41, 5.74) is 1.18. The number of thioether (sulfide) groups is 1. The highest BCUT2D eigenvalue weighted by atomic mass is 32.2. The van der Waals surface area contributed by atoms with Crippen LogP contribution in [0.25, 0.3) is 10.2 Å². The molecule has 0 radical (unpaired) electrons. The third-order valence-corrected chi connectivity index (χ3v) is 6.60. The molecule has 0 aromatic carbocycles. The minimum atomic E-state index is -0.0520. The number of amides is 1. The van der Waals surface area contributed by atoms with Gasteiger partial charge in [-0.2, -0.15) is 0 Å². The highest BCUT2D eigenvalue weighted by Crippen LogP contribution is 2.36. The number of aromatic nitrogens is 2. The van der Waals surface area contributed by atoms with Crippen LogP contribution in [-0.2, 0) is 24.2 Å². The average molecular weight is 392 g/mol. The lowest BCUT2D eigenvalue weighted by Gasteiger charge is -2.17. The molecular weight excluding hydrogens is 366 g/mol. The zero-order valence-electron chi connectivity index (χ0n) is 15.5. The van der Waals surface area contributed by atoms with Crippen LogP contribution in [0, 0.1) is 5.92 Å². The molecule has 0 spiro atoms. The van der Waals surface area contributed by atoms with Crippen molar-refractivity contribution in [1.82, 2.24) is 14.9 Å². The molecule has 2 aromatic rings. The molecule has 1 N–H and O–H groups in total. The quantitative estimate of drug-likeness (QED) is 0.466. The first-order valence-corrected chi connectivity index (χ1v) is 10.8. The van der Waals surface area contributed by atoms with E-state index in [0.717, 1.165) is 29.5 Å². The standard InChI is InChI=1S/C19H25N3O2S2/c1-5-8-22-18(24)16-13-7-6-12(4)9-14(13)26-17(16)21-19(22)25-10-15(23)20-11(2)3/h5,11-12H,1,6-10H2,2-4H3,(H,20,23)/t12-/m0/s1. The van der Waals surface area contributed by atoms with Crippen LogP contribution < -0.4 is 10.9 Å². The minimum Gasteiger partial charge on any atom is -0.353 e. The van der Waals surface area contributed by atoms with Crippen molar-refractivity contribution in [2.45, 2.75) is 57.8 Å². The van der Waals surface area contributed by atoms with Crippen molar-refractivity contribution >= 4 is 39.2 Å². The summed E-state index contributed by atoms with van der Waals surface area (Å²) in [6.45, 7) is 10.3. The zero-order chi connectivity index (χ0) is 18.8. The second kappa shape index (κ2) is 7.96. The van der Waals surface area contributed by atoms with E-state index in [1.54, 1.807) is 22.0 Å². The highest BCUT2D eigenvalue weighted by molar-refractivity contribution is 7.99. The normalized spacial score (nSPS) is 16.7. The first kappa shape index (κ1) is 19.2. The van der Waals surface area contributed by atoms with Crippen molar-refractivity contribution in [2.75, 3.05) is 5.75 Å². The van der Waals surface area contributed by atoms with E-state index in [2.05, 4.69) is 18.8 Å². The molecule has 3 rings (SSSR count). The summed E-state index contributed by atoms with van der Waals surface area (Å²) in [4.78, 5) is 32.0. The molecule has 1 aliphatic carbocycles. The van der Waals surface area contributed by atoms with E-state index in [4.69, 9.17) is 4.98 Å². The van der Waals surface area contributed by atoms with Crippen molar-refractivity contribution in [2.24, 2.45) is 5.92 Å². The summed E-state index contributed by atoms with van der Waals surface area (Å²) < 4.78 is 1.65. The summed E-state index contributed by atoms with van der Waals surface area (Å²) in [5, 5.41) is 4.23. The van der Waals surface area contributed by atoms with E-state index in [9.17, 15) is 9.59 Å². The average Bonchev–Trinajstić information content (AvgIpc) is 2.92. The molecule has 0 unspecified atom stereocenters. The predicted molar refractivity (Wildman–Crippen MR) is 109 cm³/mol. The lowest BCUT2D eigenvalue weighted by atomic mass is 9.89. The summed E-state index contributed by atoms with van der Waals surface area (Å²) in [6.07, 6.45) is 4.79. The van der Waals surface area contributed by atoms with Crippen molar-refractivity contribution in [1.29, 1.82) is 0 Å². The Kier molecular flexibility index (Phi) is 5.87. The van der Waals surface area contributed by atoms with Gasteiger partial charge in [0.15, 0.2) is 5.16 Å². The first-order chi connectivity index (χ1) is 12.4. The molecule has 140 valence electrons. The SMILES string of the molecule is C=CCn1c(SCC(=O)NC(C)C)nc2sc3c(c2c1=O)CC[C@H](C)C3. The fraction of sp³-hybridized carbons (Fsp3) is 0.526. The van der Waals surface area contributed by atoms with Crippen molar-refractivity contribution in [3.63, 3.8) is 0 Å². The topological polar surface area (TPSA) is 64.0 Å². The lowest BCUT2D eigenvalue weighted by molar-refractivity contribution is -0.119. The summed E-state index contributed by atoms with van der Waals surface area (Å²) >= 11 is 2.95. The maximum atomic E-state index is 13.1. The van der Waals surface area contributed by atoms with Crippen LogP contribution in [0.3, 0.4) is 0 Å². The molecule has 5 nitrogen and oxygen atoms in total. The first-order valence-electron chi connectivity index (χ1n) is 8.98. The van der Waals surface area contributed by atoms with Gasteiger partial charge in [-0.25, -0.2) is 4.98 Å². The van der Waals surface area contributed by atoms with Gasteiger partial charge in [-0.05, 0) is 44.6 Å². The Morgan fingerprint density at radius 3 is 3.00 bits per heavy atom. The van der Waals surface area contributed by atoms with Gasteiger partial charge in [0, 0.05) is 17.5 Å². The molecule has 0 saturated carbocycles. The number of aryl methyl sites for hydroxylation is 1. The van der Waals surface area contributed by atoms with Crippen LogP contribution >= 0.6 is 23.1 Å². The molecule has 0 saturated heterocycles. The van der Waals surface area contributed by atoms with Gasteiger partial charge in [0.2, 0.25) is 5.91 Å². The number of fused-ring (bicyclic) bond motifs is 3. The Hall–Kier alpha value is -1.60. The number of nitrogens with one attached hydrogen (secondary N) is 1. The Bertz CT molecular complexity index is 898. The van der Waals surface area contributed by atoms with E-state index in [1.807, 2.05) is 13.8 Å². The monoisotopic (exact) mass is 391 g/mol. The number of thiophene rings is 1. The largest absolute Gasteiger partial charge is 0.353 e. The molecule has 2 heterocycles. The van der Waals surface area contributed by atoms with Crippen LogP contribution in [0.5, 0.6) is 0 Å². The van der Waals surface area contributed by atoms with Gasteiger partial charge in [0.05, 0.1) is 11.1 Å². The number of nitrogens with zero attached hydrogens (tertiary/aromatic N) is 2. The van der Waals surface area contributed by atoms with E-state index in [0.29, 0.717) is 17.6 Å². The highest BCUT2D eigenvalue weighted by Gasteiger charge is 2.24. The van der Waals surface area contributed by atoms with Gasteiger partial charge < -0.3 is 5.32 Å². The molecule has 0 fully saturated rings. The van der Waals surface area contributed by atoms with Crippen molar-refractivity contribution in [3.8, 4) is 0 Å². The number of hydrogen-bond donors (Lipinski definition) is 1. The van der Waals surface area contributed by atoms with Gasteiger partial charge in [0.1, 0.15) is 4.83 Å². The molecule has 7 heteroatoms. The van der Waals surface area contributed by atoms with Crippen LogP contribution in [0.1, 0.15) is 37.6 Å². The van der Waals surface area contributed by atoms with E-state index >= 15 is 0 Å².